The van der Waals surface area contributed by atoms with Crippen molar-refractivity contribution in [2.45, 2.75) is 6.92 Å². The van der Waals surface area contributed by atoms with E-state index >= 15 is 0 Å². The van der Waals surface area contributed by atoms with Gasteiger partial charge in [0.15, 0.2) is 5.58 Å². The average molecular weight is 553 g/mol. The third-order valence-electron chi connectivity index (χ3n) is 9.19. The average Bonchev–Trinajstić information content (AvgIpc) is 3.62. The maximum atomic E-state index is 6.78. The summed E-state index contributed by atoms with van der Waals surface area (Å²) < 4.78 is 9.12. The molecule has 43 heavy (non-hydrogen) atoms. The number of furan rings is 1. The van der Waals surface area contributed by atoms with E-state index in [2.05, 4.69) is 151 Å². The van der Waals surface area contributed by atoms with Crippen molar-refractivity contribution in [3.05, 3.63) is 156 Å². The monoisotopic (exact) mass is 552 g/mol. The molecule has 2 atom stereocenters. The number of aromatic nitrogens is 1. The topological polar surface area (TPSA) is 30.4 Å². The predicted molar refractivity (Wildman–Crippen MR) is 179 cm³/mol. The first-order chi connectivity index (χ1) is 21.3. The van der Waals surface area contributed by atoms with Crippen LogP contribution in [0.15, 0.2) is 155 Å². The summed E-state index contributed by atoms with van der Waals surface area (Å²) in [6.07, 6.45) is 8.85. The minimum absolute atomic E-state index is 0.208. The largest absolute Gasteiger partial charge is 0.454 e. The number of benzene rings is 5. The van der Waals surface area contributed by atoms with Crippen molar-refractivity contribution >= 4 is 55.2 Å². The third kappa shape index (κ3) is 3.52. The zero-order chi connectivity index (χ0) is 28.5. The lowest BCUT2D eigenvalue weighted by Gasteiger charge is -2.32. The zero-order valence-corrected chi connectivity index (χ0v) is 23.7. The molecule has 0 fully saturated rings. The van der Waals surface area contributed by atoms with E-state index in [1.54, 1.807) is 0 Å². The molecule has 0 amide bonds. The molecule has 3 heteroatoms. The number of nitrogens with zero attached hydrogens (tertiary/aromatic N) is 2. The fraction of sp³-hybridized carbons (Fsp3) is 0.0750. The summed E-state index contributed by atoms with van der Waals surface area (Å²) in [5.74, 6) is 0.467. The highest BCUT2D eigenvalue weighted by atomic mass is 16.3. The highest BCUT2D eigenvalue weighted by Crippen LogP contribution is 2.43. The van der Waals surface area contributed by atoms with Crippen molar-refractivity contribution in [2.75, 3.05) is 0 Å². The minimum Gasteiger partial charge on any atom is -0.454 e. The Bertz CT molecular complexity index is 2310. The molecule has 3 heterocycles. The van der Waals surface area contributed by atoms with Crippen LogP contribution >= 0.6 is 0 Å². The van der Waals surface area contributed by atoms with Crippen LogP contribution < -0.4 is 0 Å². The quantitative estimate of drug-likeness (QED) is 0.214. The van der Waals surface area contributed by atoms with E-state index in [0.717, 1.165) is 50.2 Å². The number of hydrogen-bond donors (Lipinski definition) is 0. The van der Waals surface area contributed by atoms with Gasteiger partial charge >= 0.3 is 0 Å². The Morgan fingerprint density at radius 3 is 2.16 bits per heavy atom. The fourth-order valence-corrected chi connectivity index (χ4v) is 7.22. The maximum Gasteiger partial charge on any atom is 0.159 e. The van der Waals surface area contributed by atoms with Gasteiger partial charge in [-0.1, -0.05) is 122 Å². The van der Waals surface area contributed by atoms with E-state index in [4.69, 9.17) is 9.41 Å². The van der Waals surface area contributed by atoms with Gasteiger partial charge in [0.25, 0.3) is 0 Å². The molecule has 0 N–H and O–H groups in total. The Morgan fingerprint density at radius 1 is 0.674 bits per heavy atom. The van der Waals surface area contributed by atoms with Crippen molar-refractivity contribution in [3.8, 4) is 5.69 Å². The Kier molecular flexibility index (Phi) is 5.24. The number of allylic oxidation sites excluding steroid dienone is 5. The highest BCUT2D eigenvalue weighted by molar-refractivity contribution is 6.22. The van der Waals surface area contributed by atoms with Gasteiger partial charge in [-0.15, -0.1) is 0 Å². The molecule has 0 saturated carbocycles. The van der Waals surface area contributed by atoms with Crippen molar-refractivity contribution in [3.63, 3.8) is 0 Å². The van der Waals surface area contributed by atoms with Crippen LogP contribution in [-0.2, 0) is 0 Å². The molecule has 0 saturated heterocycles. The summed E-state index contributed by atoms with van der Waals surface area (Å²) in [7, 11) is 0. The van der Waals surface area contributed by atoms with Crippen LogP contribution in [0.25, 0.3) is 55.1 Å². The van der Waals surface area contributed by atoms with Gasteiger partial charge in [0.1, 0.15) is 5.58 Å². The normalized spacial score (nSPS) is 18.2. The molecule has 0 bridgehead atoms. The van der Waals surface area contributed by atoms with E-state index in [1.807, 2.05) is 0 Å². The standard InChI is InChI=1S/C40H28N2O/c1-25-27-15-5-6-18-30(27)39(26-13-3-2-4-14-26)41-38(25)31-19-12-24-36-37(31)32-20-11-23-35(40(32)43-36)42-33-21-9-7-16-28(33)29-17-8-10-22-34(29)42/h2-25,27H,1H3. The van der Waals surface area contributed by atoms with Crippen molar-refractivity contribution in [2.24, 2.45) is 16.8 Å². The first-order valence-corrected chi connectivity index (χ1v) is 14.9. The molecule has 1 aliphatic carbocycles. The van der Waals surface area contributed by atoms with Gasteiger partial charge in [-0.05, 0) is 29.8 Å². The molecule has 2 aromatic heterocycles. The van der Waals surface area contributed by atoms with Crippen molar-refractivity contribution in [1.29, 1.82) is 0 Å². The second kappa shape index (κ2) is 9.30. The Labute approximate surface area is 249 Å². The molecular formula is C40H28N2O. The molecule has 2 unspecified atom stereocenters. The number of para-hydroxylation sites is 3. The number of rotatable bonds is 3. The molecule has 0 radical (unpaired) electrons. The van der Waals surface area contributed by atoms with Crippen LogP contribution in [-0.4, -0.2) is 10.3 Å². The van der Waals surface area contributed by atoms with Crippen LogP contribution in [0.2, 0.25) is 0 Å². The molecule has 7 aromatic rings. The summed E-state index contributed by atoms with van der Waals surface area (Å²) in [5, 5.41) is 4.71. The highest BCUT2D eigenvalue weighted by Gasteiger charge is 2.33. The molecule has 0 spiro atoms. The number of fused-ring (bicyclic) bond motifs is 7. The van der Waals surface area contributed by atoms with Gasteiger partial charge in [0.05, 0.1) is 28.1 Å². The van der Waals surface area contributed by atoms with E-state index in [0.29, 0.717) is 0 Å². The fourth-order valence-electron chi connectivity index (χ4n) is 7.22. The van der Waals surface area contributed by atoms with Gasteiger partial charge in [-0.3, -0.25) is 4.99 Å². The summed E-state index contributed by atoms with van der Waals surface area (Å²) in [4.78, 5) is 5.44. The lowest BCUT2D eigenvalue weighted by Crippen LogP contribution is -2.27. The van der Waals surface area contributed by atoms with Crippen molar-refractivity contribution in [1.82, 2.24) is 4.57 Å². The molecule has 204 valence electrons. The lowest BCUT2D eigenvalue weighted by atomic mass is 9.75. The van der Waals surface area contributed by atoms with Gasteiger partial charge in [0.2, 0.25) is 0 Å². The second-order valence-electron chi connectivity index (χ2n) is 11.5. The lowest BCUT2D eigenvalue weighted by molar-refractivity contribution is 0.617. The first-order valence-electron chi connectivity index (χ1n) is 14.9. The first kappa shape index (κ1) is 24.2. The van der Waals surface area contributed by atoms with Gasteiger partial charge < -0.3 is 8.98 Å². The van der Waals surface area contributed by atoms with Gasteiger partial charge in [0, 0.05) is 44.5 Å². The Balaban J connectivity index is 1.32. The van der Waals surface area contributed by atoms with Crippen LogP contribution in [0.5, 0.6) is 0 Å². The molecule has 2 aliphatic rings. The van der Waals surface area contributed by atoms with Gasteiger partial charge in [-0.25, -0.2) is 0 Å². The summed E-state index contributed by atoms with van der Waals surface area (Å²) in [5.41, 5.74) is 10.9. The zero-order valence-electron chi connectivity index (χ0n) is 23.7. The molecular weight excluding hydrogens is 524 g/mol. The summed E-state index contributed by atoms with van der Waals surface area (Å²) in [6, 6.07) is 40.7. The number of aliphatic imine (C=N–C) groups is 1. The minimum atomic E-state index is 0.208. The van der Waals surface area contributed by atoms with Crippen LogP contribution in [0.4, 0.5) is 0 Å². The van der Waals surface area contributed by atoms with Crippen molar-refractivity contribution < 1.29 is 4.42 Å². The Morgan fingerprint density at radius 2 is 1.37 bits per heavy atom. The van der Waals surface area contributed by atoms with Crippen LogP contribution in [0.1, 0.15) is 18.1 Å². The molecule has 3 nitrogen and oxygen atoms in total. The van der Waals surface area contributed by atoms with E-state index in [9.17, 15) is 0 Å². The Hall–Kier alpha value is -5.41. The van der Waals surface area contributed by atoms with E-state index in [-0.39, 0.29) is 11.8 Å². The summed E-state index contributed by atoms with van der Waals surface area (Å²) >= 11 is 0. The number of hydrogen-bond acceptors (Lipinski definition) is 2. The molecule has 1 aliphatic heterocycles. The van der Waals surface area contributed by atoms with E-state index in [1.165, 1.54) is 27.4 Å². The molecule has 9 rings (SSSR count). The van der Waals surface area contributed by atoms with Crippen LogP contribution in [0.3, 0.4) is 0 Å². The van der Waals surface area contributed by atoms with Gasteiger partial charge in [-0.2, -0.15) is 0 Å². The predicted octanol–water partition coefficient (Wildman–Crippen LogP) is 10.3. The SMILES string of the molecule is CC1C(c2cccc3oc4c(-n5c6ccccc6c6ccccc65)cccc4c23)=NC(c2ccccc2)=C2C=CC=CC21. The maximum absolute atomic E-state index is 6.78. The van der Waals surface area contributed by atoms with Crippen LogP contribution in [0, 0.1) is 11.8 Å². The van der Waals surface area contributed by atoms with E-state index < -0.39 is 0 Å². The summed E-state index contributed by atoms with van der Waals surface area (Å²) in [6.45, 7) is 2.30. The smallest absolute Gasteiger partial charge is 0.159 e. The third-order valence-corrected chi connectivity index (χ3v) is 9.19. The second-order valence-corrected chi connectivity index (χ2v) is 11.5. The molecule has 5 aromatic carbocycles.